The molecule has 3 heterocycles. The third-order valence-corrected chi connectivity index (χ3v) is 9.84. The summed E-state index contributed by atoms with van der Waals surface area (Å²) in [6.45, 7) is 4.50. The molecule has 47 heavy (non-hydrogen) atoms. The second-order valence-corrected chi connectivity index (χ2v) is 13.5. The largest absolute Gasteiger partial charge is 0.476 e. The maximum absolute atomic E-state index is 14.2. The Hall–Kier alpha value is -3.69. The Balaban J connectivity index is 1.39. The zero-order chi connectivity index (χ0) is 33.8. The van der Waals surface area contributed by atoms with Gasteiger partial charge in [0.1, 0.15) is 29.5 Å². The van der Waals surface area contributed by atoms with Gasteiger partial charge in [-0.2, -0.15) is 15.1 Å². The summed E-state index contributed by atoms with van der Waals surface area (Å²) in [4.78, 5) is 28.5. The van der Waals surface area contributed by atoms with Gasteiger partial charge >= 0.3 is 13.7 Å². The van der Waals surface area contributed by atoms with Crippen LogP contribution in [0.4, 0.5) is 5.95 Å². The maximum Gasteiger partial charge on any atom is 0.459 e. The van der Waals surface area contributed by atoms with Gasteiger partial charge in [-0.15, -0.1) is 0 Å². The molecule has 3 aromatic rings. The molecule has 1 aliphatic carbocycles. The van der Waals surface area contributed by atoms with Crippen molar-refractivity contribution in [1.82, 2.24) is 24.6 Å². The van der Waals surface area contributed by atoms with E-state index in [1.54, 1.807) is 6.92 Å². The topological polar surface area (TPSA) is 231 Å². The molecule has 1 aliphatic heterocycles. The smallest absolute Gasteiger partial charge is 0.459 e. The van der Waals surface area contributed by atoms with E-state index in [-0.39, 0.29) is 41.5 Å². The van der Waals surface area contributed by atoms with Crippen LogP contribution >= 0.6 is 19.3 Å². The Morgan fingerprint density at radius 1 is 1.32 bits per heavy atom. The Morgan fingerprint density at radius 3 is 2.72 bits per heavy atom. The molecule has 0 radical (unpaired) electrons. The van der Waals surface area contributed by atoms with Crippen LogP contribution in [0.15, 0.2) is 35.7 Å². The van der Waals surface area contributed by atoms with Crippen LogP contribution in [0.2, 0.25) is 5.02 Å². The number of nitrogens with one attached hydrogen (secondary N) is 1. The van der Waals surface area contributed by atoms with Crippen LogP contribution in [0.25, 0.3) is 21.6 Å². The molecule has 17 nitrogen and oxygen atoms in total. The first kappa shape index (κ1) is 34.6. The monoisotopic (exact) mass is 693 g/mol. The van der Waals surface area contributed by atoms with Crippen LogP contribution in [0.5, 0.6) is 11.6 Å². The third-order valence-electron chi connectivity index (χ3n) is 7.94. The second kappa shape index (κ2) is 14.6. The number of carbonyl (C=O) groups is 1. The van der Waals surface area contributed by atoms with E-state index in [0.717, 1.165) is 32.1 Å². The number of halogens is 1. The van der Waals surface area contributed by atoms with E-state index >= 15 is 0 Å². The van der Waals surface area contributed by atoms with Gasteiger partial charge in [0.15, 0.2) is 17.4 Å². The molecule has 5 rings (SSSR count). The van der Waals surface area contributed by atoms with Crippen LogP contribution in [-0.4, -0.2) is 73.7 Å². The number of benzene rings is 1. The molecule has 19 heteroatoms. The van der Waals surface area contributed by atoms with Gasteiger partial charge in [-0.1, -0.05) is 23.1 Å². The van der Waals surface area contributed by atoms with Gasteiger partial charge in [0, 0.05) is 9.93 Å². The number of aliphatic hydroxyl groups is 1. The molecular formula is C28H37ClN9O8P. The normalized spacial score (nSPS) is 25.1. The molecule has 2 aromatic heterocycles. The van der Waals surface area contributed by atoms with Gasteiger partial charge in [0.05, 0.1) is 25.6 Å². The van der Waals surface area contributed by atoms with Gasteiger partial charge in [0.2, 0.25) is 11.8 Å². The molecule has 0 spiro atoms. The van der Waals surface area contributed by atoms with Crippen molar-refractivity contribution in [2.45, 2.75) is 89.0 Å². The van der Waals surface area contributed by atoms with E-state index < -0.39 is 50.3 Å². The van der Waals surface area contributed by atoms with Crippen LogP contribution < -0.4 is 20.1 Å². The molecule has 1 aromatic carbocycles. The van der Waals surface area contributed by atoms with Gasteiger partial charge in [0.25, 0.3) is 0 Å². The third kappa shape index (κ3) is 7.73. The van der Waals surface area contributed by atoms with Gasteiger partial charge in [-0.25, -0.2) is 9.55 Å². The lowest BCUT2D eigenvalue weighted by atomic mass is 9.93. The van der Waals surface area contributed by atoms with Gasteiger partial charge in [-0.05, 0) is 76.3 Å². The van der Waals surface area contributed by atoms with E-state index in [1.807, 2.05) is 0 Å². The maximum atomic E-state index is 14.2. The predicted octanol–water partition coefficient (Wildman–Crippen LogP) is 4.85. The van der Waals surface area contributed by atoms with Crippen molar-refractivity contribution in [1.29, 1.82) is 0 Å². The average molecular weight is 694 g/mol. The quantitative estimate of drug-likeness (QED) is 0.0715. The molecule has 1 saturated carbocycles. The van der Waals surface area contributed by atoms with Crippen LogP contribution in [-0.2, 0) is 23.4 Å². The highest BCUT2D eigenvalue weighted by Gasteiger charge is 2.55. The Bertz CT molecular complexity index is 1670. The first-order chi connectivity index (χ1) is 22.5. The molecule has 2 aliphatic rings. The van der Waals surface area contributed by atoms with Crippen molar-refractivity contribution < 1.29 is 37.7 Å². The number of nitrogen functional groups attached to an aromatic ring is 1. The number of aromatic nitrogens is 4. The molecule has 0 bridgehead atoms. The fourth-order valence-corrected chi connectivity index (χ4v) is 7.16. The number of ether oxygens (including phenoxy) is 3. The molecule has 254 valence electrons. The highest BCUT2D eigenvalue weighted by molar-refractivity contribution is 7.52. The number of anilines is 1. The zero-order valence-electron chi connectivity index (χ0n) is 26.1. The summed E-state index contributed by atoms with van der Waals surface area (Å²) in [6.07, 6.45) is 1.79. The van der Waals surface area contributed by atoms with Crippen molar-refractivity contribution in [2.24, 2.45) is 5.11 Å². The van der Waals surface area contributed by atoms with E-state index in [9.17, 15) is 20.0 Å². The fraction of sp³-hybridized carbons (Fsp3) is 0.571. The number of rotatable bonds is 13. The summed E-state index contributed by atoms with van der Waals surface area (Å²) in [5.41, 5.74) is 14.2. The lowest BCUT2D eigenvalue weighted by molar-refractivity contribution is -0.152. The molecule has 1 unspecified atom stereocenters. The highest BCUT2D eigenvalue weighted by atomic mass is 35.5. The number of aliphatic hydroxyl groups excluding tert-OH is 1. The summed E-state index contributed by atoms with van der Waals surface area (Å²) in [5, 5.41) is 18.3. The molecular weight excluding hydrogens is 657 g/mol. The van der Waals surface area contributed by atoms with Gasteiger partial charge < -0.3 is 29.6 Å². The lowest BCUT2D eigenvalue weighted by Crippen LogP contribution is -2.43. The summed E-state index contributed by atoms with van der Waals surface area (Å²) < 4.78 is 44.5. The number of esters is 1. The summed E-state index contributed by atoms with van der Waals surface area (Å²) in [7, 11) is -4.36. The van der Waals surface area contributed by atoms with Crippen molar-refractivity contribution in [3.8, 4) is 11.6 Å². The number of azide groups is 1. The SMILES string of the molecule is CCOc1nc(N)nc2c1ncn2[C@@H]1O[C@H](COP(=O)(N[C@@H](C)C(=O)OC2CCCCC2)Oc2ccc(Cl)cc2)[C@@H](O)[C@@]1(C)N=[N+]=[N-]. The molecule has 2 fully saturated rings. The number of nitrogens with two attached hydrogens (primary N) is 1. The Morgan fingerprint density at radius 2 is 2.04 bits per heavy atom. The molecule has 4 N–H and O–H groups in total. The van der Waals surface area contributed by atoms with Crippen LogP contribution in [0.3, 0.4) is 0 Å². The van der Waals surface area contributed by atoms with Gasteiger partial charge in [-0.3, -0.25) is 13.9 Å². The number of hydrogen-bond donors (Lipinski definition) is 3. The first-order valence-corrected chi connectivity index (χ1v) is 17.1. The number of imidazole rings is 1. The van der Waals surface area contributed by atoms with E-state index in [4.69, 9.17) is 40.6 Å². The van der Waals surface area contributed by atoms with E-state index in [1.165, 1.54) is 49.0 Å². The van der Waals surface area contributed by atoms with E-state index in [2.05, 4.69) is 30.1 Å². The summed E-state index contributed by atoms with van der Waals surface area (Å²) in [6, 6.07) is 4.94. The second-order valence-electron chi connectivity index (χ2n) is 11.4. The molecule has 1 saturated heterocycles. The minimum Gasteiger partial charge on any atom is -0.476 e. The van der Waals surface area contributed by atoms with Crippen molar-refractivity contribution in [3.05, 3.63) is 46.1 Å². The van der Waals surface area contributed by atoms with Crippen molar-refractivity contribution in [3.63, 3.8) is 0 Å². The van der Waals surface area contributed by atoms with Crippen molar-refractivity contribution in [2.75, 3.05) is 18.9 Å². The number of nitrogens with zero attached hydrogens (tertiary/aromatic N) is 7. The molecule has 0 amide bonds. The van der Waals surface area contributed by atoms with Crippen molar-refractivity contribution >= 4 is 42.4 Å². The number of carbonyl (C=O) groups excluding carboxylic acids is 1. The first-order valence-electron chi connectivity index (χ1n) is 15.2. The molecule has 6 atom stereocenters. The Kier molecular flexibility index (Phi) is 10.8. The summed E-state index contributed by atoms with van der Waals surface area (Å²) >= 11 is 6.00. The minimum absolute atomic E-state index is 0.103. The lowest BCUT2D eigenvalue weighted by Gasteiger charge is -2.28. The summed E-state index contributed by atoms with van der Waals surface area (Å²) in [5.74, 6) is -0.447. The number of hydrogen-bond acceptors (Lipinski definition) is 13. The van der Waals surface area contributed by atoms with Crippen LogP contribution in [0, 0.1) is 0 Å². The zero-order valence-corrected chi connectivity index (χ0v) is 27.7. The minimum atomic E-state index is -4.36. The van der Waals surface area contributed by atoms with E-state index in [0.29, 0.717) is 5.02 Å². The highest BCUT2D eigenvalue weighted by Crippen LogP contribution is 2.48. The number of fused-ring (bicyclic) bond motifs is 1. The standard InChI is InChI=1S/C28H37ClN9O8P/c1-4-42-24-21-23(33-27(30)34-24)38(15-32-21)26-28(3,36-37-31)22(39)20(45-26)14-43-47(41,46-19-12-10-17(29)11-13-19)35-16(2)25(40)44-18-8-6-5-7-9-18/h10-13,15-16,18,20,22,26,39H,4-9,14H2,1-3H3,(H,35,41)(H2,30,33,34)/t16-,20+,22+,26+,28+,47?/m0/s1. The Labute approximate surface area is 275 Å². The van der Waals surface area contributed by atoms with Crippen LogP contribution in [0.1, 0.15) is 59.1 Å². The fourth-order valence-electron chi connectivity index (χ4n) is 5.53. The average Bonchev–Trinajstić information content (AvgIpc) is 3.56. The predicted molar refractivity (Wildman–Crippen MR) is 170 cm³/mol.